The van der Waals surface area contributed by atoms with Gasteiger partial charge in [-0.1, -0.05) is 84.9 Å². The average molecular weight is 703 g/mol. The van der Waals surface area contributed by atoms with Gasteiger partial charge in [0.15, 0.2) is 6.29 Å². The highest BCUT2D eigenvalue weighted by Gasteiger charge is 2.32. The summed E-state index contributed by atoms with van der Waals surface area (Å²) < 4.78 is 13.0. The number of anilines is 2. The van der Waals surface area contributed by atoms with E-state index in [4.69, 9.17) is 15.2 Å². The summed E-state index contributed by atoms with van der Waals surface area (Å²) in [6.45, 7) is 0.387. The number of nitrogens with one attached hydrogen (secondary N) is 2. The van der Waals surface area contributed by atoms with Crippen molar-refractivity contribution in [2.45, 2.75) is 62.4 Å². The number of rotatable bonds is 14. The molecule has 1 aliphatic rings. The molecule has 262 valence electrons. The van der Waals surface area contributed by atoms with Crippen LogP contribution >= 0.6 is 11.8 Å². The van der Waals surface area contributed by atoms with Gasteiger partial charge in [0.2, 0.25) is 11.8 Å². The van der Waals surface area contributed by atoms with Gasteiger partial charge in [-0.3, -0.25) is 9.59 Å². The van der Waals surface area contributed by atoms with Crippen LogP contribution in [-0.4, -0.2) is 33.8 Å². The van der Waals surface area contributed by atoms with Crippen molar-refractivity contribution >= 4 is 35.0 Å². The molecule has 9 nitrogen and oxygen atoms in total. The second kappa shape index (κ2) is 17.8. The Balaban J connectivity index is 1.04. The minimum absolute atomic E-state index is 0.00123. The molecule has 0 spiro atoms. The normalized spacial score (nSPS) is 17.1. The number of hydrogen-bond donors (Lipinski definition) is 4. The molecule has 6 rings (SSSR count). The Kier molecular flexibility index (Phi) is 12.5. The third kappa shape index (κ3) is 10.3. The van der Waals surface area contributed by atoms with Crippen molar-refractivity contribution < 1.29 is 24.2 Å². The van der Waals surface area contributed by atoms with Crippen LogP contribution in [0.15, 0.2) is 126 Å². The first-order valence-electron chi connectivity index (χ1n) is 17.1. The average Bonchev–Trinajstić information content (AvgIpc) is 3.17. The predicted octanol–water partition coefficient (Wildman–Crippen LogP) is 7.59. The first kappa shape index (κ1) is 35.8. The van der Waals surface area contributed by atoms with E-state index < -0.39 is 6.29 Å². The van der Waals surface area contributed by atoms with E-state index >= 15 is 0 Å². The molecule has 0 saturated carbocycles. The molecule has 0 unspecified atom stereocenters. The van der Waals surface area contributed by atoms with Gasteiger partial charge < -0.3 is 30.9 Å². The molecule has 2 amide bonds. The summed E-state index contributed by atoms with van der Waals surface area (Å²) >= 11 is 1.67. The number of pyridine rings is 1. The zero-order chi connectivity index (χ0) is 35.4. The Morgan fingerprint density at radius 3 is 2.33 bits per heavy atom. The van der Waals surface area contributed by atoms with Crippen molar-refractivity contribution in [2.75, 3.05) is 16.8 Å². The van der Waals surface area contributed by atoms with Gasteiger partial charge in [-0.25, -0.2) is 4.98 Å². The summed E-state index contributed by atoms with van der Waals surface area (Å²) in [6.07, 6.45) is 2.65. The zero-order valence-corrected chi connectivity index (χ0v) is 29.1. The molecule has 10 heteroatoms. The standard InChI is InChI=1S/C41H42N4O5S/c42-35-9-1-2-10-36(35)45-39(48)12-6-11-38(47)44-25-29-7-5-8-33(23-29)30-18-20-32(21-19-30)41-49-34(27-51-40-13-3-4-22-43-40)24-37(50-41)31-16-14-28(26-46)15-17-31/h1-5,7-10,13-23,34,37,41,46H,6,11-12,24-27,42H2,(H,44,47)(H,45,48)/t34-,37+,41+/m1/s1. The molecule has 1 aromatic heterocycles. The number of nitrogens with zero attached hydrogens (tertiary/aromatic N) is 1. The molecule has 3 atom stereocenters. The van der Waals surface area contributed by atoms with Gasteiger partial charge >= 0.3 is 0 Å². The van der Waals surface area contributed by atoms with Crippen LogP contribution in [0.4, 0.5) is 11.4 Å². The Labute approximate surface area is 302 Å². The van der Waals surface area contributed by atoms with Gasteiger partial charge in [0.1, 0.15) is 0 Å². The van der Waals surface area contributed by atoms with Crippen molar-refractivity contribution in [1.29, 1.82) is 0 Å². The fourth-order valence-corrected chi connectivity index (χ4v) is 6.73. The summed E-state index contributed by atoms with van der Waals surface area (Å²) in [5, 5.41) is 16.2. The molecule has 5 aromatic rings. The minimum Gasteiger partial charge on any atom is -0.397 e. The second-order valence-corrected chi connectivity index (χ2v) is 13.5. The highest BCUT2D eigenvalue weighted by Crippen LogP contribution is 2.39. The number of ether oxygens (including phenoxy) is 2. The van der Waals surface area contributed by atoms with Crippen molar-refractivity contribution in [3.8, 4) is 11.1 Å². The van der Waals surface area contributed by atoms with Crippen molar-refractivity contribution in [3.63, 3.8) is 0 Å². The molecule has 5 N–H and O–H groups in total. The lowest BCUT2D eigenvalue weighted by atomic mass is 9.99. The van der Waals surface area contributed by atoms with Crippen LogP contribution in [-0.2, 0) is 32.2 Å². The first-order chi connectivity index (χ1) is 24.9. The number of aromatic nitrogens is 1. The Hall–Kier alpha value is -5.00. The van der Waals surface area contributed by atoms with Crippen molar-refractivity contribution in [2.24, 2.45) is 0 Å². The predicted molar refractivity (Wildman–Crippen MR) is 200 cm³/mol. The maximum Gasteiger partial charge on any atom is 0.224 e. The van der Waals surface area contributed by atoms with Gasteiger partial charge in [-0.05, 0) is 64.6 Å². The number of nitrogen functional groups attached to an aromatic ring is 1. The molecule has 1 aliphatic heterocycles. The molecule has 1 fully saturated rings. The minimum atomic E-state index is -0.547. The highest BCUT2D eigenvalue weighted by atomic mass is 32.2. The topological polar surface area (TPSA) is 136 Å². The zero-order valence-electron chi connectivity index (χ0n) is 28.2. The first-order valence-corrected chi connectivity index (χ1v) is 18.1. The monoisotopic (exact) mass is 702 g/mol. The molecule has 0 aliphatic carbocycles. The molecule has 51 heavy (non-hydrogen) atoms. The number of carbonyl (C=O) groups excluding carboxylic acids is 2. The molecule has 1 saturated heterocycles. The van der Waals surface area contributed by atoms with Crippen LogP contribution in [0.3, 0.4) is 0 Å². The lowest BCUT2D eigenvalue weighted by Gasteiger charge is -2.36. The van der Waals surface area contributed by atoms with Gasteiger partial charge in [-0.15, -0.1) is 11.8 Å². The van der Waals surface area contributed by atoms with E-state index in [-0.39, 0.29) is 43.5 Å². The van der Waals surface area contributed by atoms with Gasteiger partial charge in [0.25, 0.3) is 0 Å². The quantitative estimate of drug-likeness (QED) is 0.0687. The summed E-state index contributed by atoms with van der Waals surface area (Å²) in [4.78, 5) is 29.2. The van der Waals surface area contributed by atoms with E-state index in [2.05, 4.69) is 33.8 Å². The third-order valence-electron chi connectivity index (χ3n) is 8.65. The third-order valence-corrected chi connectivity index (χ3v) is 9.72. The van der Waals surface area contributed by atoms with E-state index in [1.54, 1.807) is 36.2 Å². The number of benzene rings is 4. The van der Waals surface area contributed by atoms with Gasteiger partial charge in [0, 0.05) is 43.3 Å². The van der Waals surface area contributed by atoms with Crippen LogP contribution in [0.2, 0.25) is 0 Å². The number of para-hydroxylation sites is 2. The molecular weight excluding hydrogens is 661 g/mol. The van der Waals surface area contributed by atoms with Crippen LogP contribution in [0.1, 0.15) is 60.3 Å². The van der Waals surface area contributed by atoms with E-state index in [9.17, 15) is 14.7 Å². The molecule has 0 bridgehead atoms. The summed E-state index contributed by atoms with van der Waals surface area (Å²) in [5.74, 6) is 0.459. The maximum atomic E-state index is 12.5. The summed E-state index contributed by atoms with van der Waals surface area (Å²) in [7, 11) is 0. The molecule has 4 aromatic carbocycles. The maximum absolute atomic E-state index is 12.5. The Morgan fingerprint density at radius 2 is 1.57 bits per heavy atom. The van der Waals surface area contributed by atoms with Crippen LogP contribution < -0.4 is 16.4 Å². The number of thioether (sulfide) groups is 1. The van der Waals surface area contributed by atoms with Crippen molar-refractivity contribution in [3.05, 3.63) is 144 Å². The fourth-order valence-electron chi connectivity index (χ4n) is 5.85. The number of hydrogen-bond acceptors (Lipinski definition) is 8. The molecular formula is C41H42N4O5S. The van der Waals surface area contributed by atoms with Crippen LogP contribution in [0.25, 0.3) is 11.1 Å². The number of aliphatic hydroxyl groups is 1. The van der Waals surface area contributed by atoms with E-state index in [1.165, 1.54) is 0 Å². The van der Waals surface area contributed by atoms with Crippen molar-refractivity contribution in [1.82, 2.24) is 10.3 Å². The second-order valence-electron chi connectivity index (χ2n) is 12.4. The number of carbonyl (C=O) groups is 2. The van der Waals surface area contributed by atoms with Gasteiger partial charge in [0.05, 0.1) is 35.2 Å². The summed E-state index contributed by atoms with van der Waals surface area (Å²) in [5.41, 5.74) is 12.8. The van der Waals surface area contributed by atoms with E-state index in [0.29, 0.717) is 30.8 Å². The Morgan fingerprint density at radius 1 is 0.804 bits per heavy atom. The fraction of sp³-hybridized carbons (Fsp3) is 0.244. The largest absolute Gasteiger partial charge is 0.397 e. The lowest BCUT2D eigenvalue weighted by Crippen LogP contribution is -2.31. The molecule has 0 radical (unpaired) electrons. The SMILES string of the molecule is Nc1ccccc1NC(=O)CCCC(=O)NCc1cccc(-c2ccc([C@H]3O[C@@H](CSc4ccccn4)C[C@@H](c4ccc(CO)cc4)O3)cc2)c1. The van der Waals surface area contributed by atoms with Crippen LogP contribution in [0, 0.1) is 0 Å². The lowest BCUT2D eigenvalue weighted by molar-refractivity contribution is -0.245. The molecule has 2 heterocycles. The number of amides is 2. The van der Waals surface area contributed by atoms with Gasteiger partial charge in [-0.2, -0.15) is 0 Å². The number of aliphatic hydroxyl groups excluding tert-OH is 1. The Bertz CT molecular complexity index is 1890. The number of nitrogens with two attached hydrogens (primary N) is 1. The summed E-state index contributed by atoms with van der Waals surface area (Å²) in [6, 6.07) is 37.2. The van der Waals surface area contributed by atoms with E-state index in [1.807, 2.05) is 78.9 Å². The van der Waals surface area contributed by atoms with Crippen LogP contribution in [0.5, 0.6) is 0 Å². The highest BCUT2D eigenvalue weighted by molar-refractivity contribution is 7.99. The smallest absolute Gasteiger partial charge is 0.224 e. The van der Waals surface area contributed by atoms with E-state index in [0.717, 1.165) is 44.2 Å².